The summed E-state index contributed by atoms with van der Waals surface area (Å²) in [5, 5.41) is 12.3. The minimum Gasteiger partial charge on any atom is -0.382 e. The molecule has 4 heterocycles. The van der Waals surface area contributed by atoms with Crippen LogP contribution in [0.4, 0.5) is 5.82 Å². The molecule has 6 rings (SSSR count). The lowest BCUT2D eigenvalue weighted by atomic mass is 9.74. The molecular weight excluding hydrogens is 582 g/mol. The quantitative estimate of drug-likeness (QED) is 0.261. The number of hydrogen-bond acceptors (Lipinski definition) is 11. The molecule has 12 nitrogen and oxygen atoms in total. The lowest BCUT2D eigenvalue weighted by molar-refractivity contribution is -0.145. The molecular formula is C31H33N7O5S. The monoisotopic (exact) mass is 615 g/mol. The van der Waals surface area contributed by atoms with Gasteiger partial charge in [-0.3, -0.25) is 9.78 Å². The highest BCUT2D eigenvalue weighted by Crippen LogP contribution is 2.44. The van der Waals surface area contributed by atoms with E-state index in [0.29, 0.717) is 61.3 Å². The predicted octanol–water partition coefficient (Wildman–Crippen LogP) is 3.90. The number of ketones is 1. The Morgan fingerprint density at radius 3 is 2.48 bits per heavy atom. The largest absolute Gasteiger partial charge is 0.382 e. The van der Waals surface area contributed by atoms with Crippen LogP contribution in [0.15, 0.2) is 70.0 Å². The van der Waals surface area contributed by atoms with E-state index in [4.69, 9.17) is 20.2 Å². The maximum atomic E-state index is 13.6. The summed E-state index contributed by atoms with van der Waals surface area (Å²) >= 11 is 0. The molecule has 0 radical (unpaired) electrons. The number of carbonyl (C=O) groups is 1. The van der Waals surface area contributed by atoms with E-state index in [0.717, 1.165) is 23.1 Å². The second-order valence-electron chi connectivity index (χ2n) is 11.1. The number of ether oxygens (including phenoxy) is 2. The van der Waals surface area contributed by atoms with Gasteiger partial charge >= 0.3 is 0 Å². The van der Waals surface area contributed by atoms with Crippen LogP contribution >= 0.6 is 0 Å². The third-order valence-electron chi connectivity index (χ3n) is 8.24. The first-order chi connectivity index (χ1) is 21.2. The van der Waals surface area contributed by atoms with Gasteiger partial charge in [0.15, 0.2) is 15.5 Å². The number of sulfone groups is 1. The van der Waals surface area contributed by atoms with Gasteiger partial charge in [0.2, 0.25) is 5.78 Å². The number of benzene rings is 1. The van der Waals surface area contributed by atoms with E-state index in [9.17, 15) is 13.2 Å². The average molecular weight is 616 g/mol. The molecule has 4 aromatic rings. The molecule has 44 heavy (non-hydrogen) atoms. The van der Waals surface area contributed by atoms with Crippen LogP contribution in [0, 0.1) is 0 Å². The lowest BCUT2D eigenvalue weighted by Crippen LogP contribution is -2.48. The maximum absolute atomic E-state index is 13.6. The molecule has 0 spiro atoms. The molecule has 0 unspecified atom stereocenters. The molecule has 1 aliphatic heterocycles. The van der Waals surface area contributed by atoms with Crippen molar-refractivity contribution in [3.63, 3.8) is 0 Å². The van der Waals surface area contributed by atoms with E-state index in [1.54, 1.807) is 25.7 Å². The number of nitrogens with two attached hydrogens (primary N) is 1. The Hall–Kier alpha value is -4.33. The highest BCUT2D eigenvalue weighted by atomic mass is 32.2. The molecule has 228 valence electrons. The molecule has 0 atom stereocenters. The van der Waals surface area contributed by atoms with E-state index in [-0.39, 0.29) is 29.0 Å². The third-order valence-corrected chi connectivity index (χ3v) is 9.40. The van der Waals surface area contributed by atoms with Gasteiger partial charge in [0.1, 0.15) is 22.0 Å². The summed E-state index contributed by atoms with van der Waals surface area (Å²) in [5.74, 6) is -0.489. The first kappa shape index (κ1) is 29.7. The summed E-state index contributed by atoms with van der Waals surface area (Å²) in [6.07, 6.45) is 8.05. The Kier molecular flexibility index (Phi) is 8.10. The highest BCUT2D eigenvalue weighted by Gasteiger charge is 2.46. The number of hydrogen-bond donors (Lipinski definition) is 1. The van der Waals surface area contributed by atoms with Crippen LogP contribution in [-0.4, -0.2) is 77.9 Å². The van der Waals surface area contributed by atoms with Crippen LogP contribution < -0.4 is 5.73 Å². The smallest absolute Gasteiger partial charge is 0.211 e. The Labute approximate surface area is 255 Å². The first-order valence-electron chi connectivity index (χ1n) is 14.4. The summed E-state index contributed by atoms with van der Waals surface area (Å²) in [7, 11) is -2.21. The van der Waals surface area contributed by atoms with Gasteiger partial charge < -0.3 is 15.2 Å². The van der Waals surface area contributed by atoms with Crippen molar-refractivity contribution in [3.05, 3.63) is 60.6 Å². The van der Waals surface area contributed by atoms with Gasteiger partial charge in [0, 0.05) is 54.8 Å². The summed E-state index contributed by atoms with van der Waals surface area (Å²) in [5.41, 5.74) is 9.82. The molecule has 2 aliphatic rings. The van der Waals surface area contributed by atoms with Crippen molar-refractivity contribution in [2.24, 2.45) is 10.2 Å². The van der Waals surface area contributed by atoms with Crippen molar-refractivity contribution >= 4 is 39.0 Å². The molecule has 13 heteroatoms. The highest BCUT2D eigenvalue weighted by molar-refractivity contribution is 7.91. The second-order valence-corrected chi connectivity index (χ2v) is 13.0. The SMILES string of the molecule is COCCOC1(C(=O)C2=NN=CC2)CCC(c2nc3c(-c4ccc(-c5ccccc5)nc4)cnn3c(N)c2S(C)(=O)=O)CC1. The average Bonchev–Trinajstić information content (AvgIpc) is 3.72. The van der Waals surface area contributed by atoms with Gasteiger partial charge in [-0.05, 0) is 31.7 Å². The summed E-state index contributed by atoms with van der Waals surface area (Å²) in [6.45, 7) is 0.572. The number of fused-ring (bicyclic) bond motifs is 1. The molecule has 1 aliphatic carbocycles. The van der Waals surface area contributed by atoms with E-state index < -0.39 is 15.4 Å². The zero-order valence-corrected chi connectivity index (χ0v) is 25.3. The van der Waals surface area contributed by atoms with Gasteiger partial charge in [-0.2, -0.15) is 19.8 Å². The molecule has 0 saturated heterocycles. The fourth-order valence-corrected chi connectivity index (χ4v) is 7.06. The van der Waals surface area contributed by atoms with Gasteiger partial charge in [0.25, 0.3) is 0 Å². The summed E-state index contributed by atoms with van der Waals surface area (Å²) in [6, 6.07) is 13.7. The molecule has 1 saturated carbocycles. The van der Waals surface area contributed by atoms with Crippen molar-refractivity contribution < 1.29 is 22.7 Å². The second kappa shape index (κ2) is 12.0. The number of pyridine rings is 1. The van der Waals surface area contributed by atoms with Crippen LogP contribution in [-0.2, 0) is 24.1 Å². The number of carbonyl (C=O) groups excluding carboxylic acids is 1. The van der Waals surface area contributed by atoms with Gasteiger partial charge in [-0.15, -0.1) is 0 Å². The van der Waals surface area contributed by atoms with Crippen LogP contribution in [0.25, 0.3) is 28.0 Å². The molecule has 1 aromatic carbocycles. The Morgan fingerprint density at radius 2 is 1.84 bits per heavy atom. The van der Waals surface area contributed by atoms with Crippen molar-refractivity contribution in [2.75, 3.05) is 32.3 Å². The molecule has 3 aromatic heterocycles. The Balaban J connectivity index is 1.36. The van der Waals surface area contributed by atoms with Gasteiger partial charge in [0.05, 0.1) is 30.8 Å². The number of rotatable bonds is 10. The van der Waals surface area contributed by atoms with Crippen LogP contribution in [0.1, 0.15) is 43.7 Å². The van der Waals surface area contributed by atoms with Gasteiger partial charge in [-0.25, -0.2) is 13.4 Å². The van der Waals surface area contributed by atoms with E-state index in [2.05, 4.69) is 20.3 Å². The van der Waals surface area contributed by atoms with Crippen molar-refractivity contribution in [1.82, 2.24) is 19.6 Å². The normalized spacial score (nSPS) is 20.2. The zero-order valence-electron chi connectivity index (χ0n) is 24.5. The number of nitrogen functional groups attached to an aromatic ring is 1. The van der Waals surface area contributed by atoms with Crippen molar-refractivity contribution in [2.45, 2.75) is 48.5 Å². The Morgan fingerprint density at radius 1 is 1.07 bits per heavy atom. The number of nitrogens with zero attached hydrogens (tertiary/aromatic N) is 6. The van der Waals surface area contributed by atoms with Crippen molar-refractivity contribution in [1.29, 1.82) is 0 Å². The minimum absolute atomic E-state index is 0.00525. The number of methoxy groups -OCH3 is 1. The predicted molar refractivity (Wildman–Crippen MR) is 166 cm³/mol. The van der Waals surface area contributed by atoms with Crippen LogP contribution in [0.2, 0.25) is 0 Å². The molecule has 1 fully saturated rings. The number of aromatic nitrogens is 4. The summed E-state index contributed by atoms with van der Waals surface area (Å²) < 4.78 is 38.9. The molecule has 0 amide bonds. The standard InChI is InChI=1S/C31H33N7O5S/c1-42-16-17-43-31(28(39)25-12-15-34-37-25)13-10-21(11-14-31)26-27(44(2,40)41)29(32)38-30(36-26)23(19-35-38)22-8-9-24(33-18-22)20-6-4-3-5-7-20/h3-9,15,18-19,21H,10-14,16-17,32H2,1-2H3. The first-order valence-corrected chi connectivity index (χ1v) is 16.3. The minimum atomic E-state index is -3.78. The third kappa shape index (κ3) is 5.53. The van der Waals surface area contributed by atoms with Crippen LogP contribution in [0.3, 0.4) is 0 Å². The number of anilines is 1. The fourth-order valence-electron chi connectivity index (χ4n) is 6.01. The van der Waals surface area contributed by atoms with Crippen molar-refractivity contribution in [3.8, 4) is 22.4 Å². The topological polar surface area (TPSA) is 163 Å². The Bertz CT molecular complexity index is 1860. The maximum Gasteiger partial charge on any atom is 0.211 e. The van der Waals surface area contributed by atoms with E-state index in [1.165, 1.54) is 4.52 Å². The molecule has 0 bridgehead atoms. The zero-order chi connectivity index (χ0) is 30.9. The van der Waals surface area contributed by atoms with E-state index >= 15 is 0 Å². The van der Waals surface area contributed by atoms with Gasteiger partial charge in [-0.1, -0.05) is 36.4 Å². The lowest BCUT2D eigenvalue weighted by Gasteiger charge is -2.39. The fraction of sp³-hybridized carbons (Fsp3) is 0.355. The molecule has 2 N–H and O–H groups in total. The van der Waals surface area contributed by atoms with E-state index in [1.807, 2.05) is 42.5 Å². The summed E-state index contributed by atoms with van der Waals surface area (Å²) in [4.78, 5) is 23.1. The number of Topliss-reactive ketones (excluding diaryl/α,β-unsaturated/α-hetero) is 1. The van der Waals surface area contributed by atoms with Crippen LogP contribution in [0.5, 0.6) is 0 Å².